The second-order valence-corrected chi connectivity index (χ2v) is 9.97. The Kier molecular flexibility index (Phi) is 7.14. The largest absolute Gasteiger partial charge is 0.322 e. The van der Waals surface area contributed by atoms with Gasteiger partial charge in [-0.05, 0) is 48.2 Å². The van der Waals surface area contributed by atoms with Crippen molar-refractivity contribution in [2.75, 3.05) is 6.61 Å². The molecule has 0 heterocycles. The second kappa shape index (κ2) is 10.4. The van der Waals surface area contributed by atoms with Gasteiger partial charge >= 0.3 is 0 Å². The van der Waals surface area contributed by atoms with Gasteiger partial charge in [0, 0.05) is 16.5 Å². The standard InChI is InChI=1S/C28H27O2P/c29-31(26-18-9-3-10-19-26,27-20-11-4-12-21-27)30-23-13-22-28(24-14-5-1-6-15-24)25-16-7-2-8-17-25/h1-12,14-21,28H,13,22-23H2. The SMILES string of the molecule is O=P(OCCCC(c1ccccc1)c1ccccc1)(c1ccccc1)c1ccccc1. The van der Waals surface area contributed by atoms with Crippen LogP contribution in [0.25, 0.3) is 0 Å². The lowest BCUT2D eigenvalue weighted by atomic mass is 9.88. The Hall–Kier alpha value is -2.93. The van der Waals surface area contributed by atoms with Crippen LogP contribution in [0.3, 0.4) is 0 Å². The van der Waals surface area contributed by atoms with Crippen LogP contribution < -0.4 is 10.6 Å². The van der Waals surface area contributed by atoms with E-state index in [-0.39, 0.29) is 0 Å². The molecule has 0 aliphatic heterocycles. The van der Waals surface area contributed by atoms with E-state index in [1.165, 1.54) is 11.1 Å². The molecule has 4 aromatic carbocycles. The molecule has 0 saturated carbocycles. The van der Waals surface area contributed by atoms with Crippen molar-refractivity contribution in [3.63, 3.8) is 0 Å². The van der Waals surface area contributed by atoms with Crippen LogP contribution in [0.4, 0.5) is 0 Å². The molecular weight excluding hydrogens is 399 g/mol. The van der Waals surface area contributed by atoms with E-state index >= 15 is 0 Å². The summed E-state index contributed by atoms with van der Waals surface area (Å²) < 4.78 is 20.2. The third-order valence-electron chi connectivity index (χ3n) is 5.51. The fourth-order valence-electron chi connectivity index (χ4n) is 3.92. The molecule has 156 valence electrons. The molecule has 0 amide bonds. The molecule has 0 bridgehead atoms. The second-order valence-electron chi connectivity index (χ2n) is 7.57. The Labute approximate surface area is 185 Å². The van der Waals surface area contributed by atoms with E-state index in [1.54, 1.807) is 0 Å². The number of rotatable bonds is 9. The first-order valence-electron chi connectivity index (χ1n) is 10.7. The van der Waals surface area contributed by atoms with Crippen LogP contribution in [-0.4, -0.2) is 6.61 Å². The first-order valence-corrected chi connectivity index (χ1v) is 12.4. The summed E-state index contributed by atoms with van der Waals surface area (Å²) in [6, 6.07) is 40.2. The fraction of sp³-hybridized carbons (Fsp3) is 0.143. The van der Waals surface area contributed by atoms with Gasteiger partial charge in [0.1, 0.15) is 0 Å². The molecule has 4 rings (SSSR count). The Morgan fingerprint density at radius 1 is 0.581 bits per heavy atom. The minimum Gasteiger partial charge on any atom is -0.322 e. The van der Waals surface area contributed by atoms with Gasteiger partial charge in [-0.15, -0.1) is 0 Å². The highest BCUT2D eigenvalue weighted by atomic mass is 31.2. The molecule has 0 aliphatic carbocycles. The zero-order chi connectivity index (χ0) is 21.4. The van der Waals surface area contributed by atoms with Crippen LogP contribution in [-0.2, 0) is 9.09 Å². The van der Waals surface area contributed by atoms with Crippen molar-refractivity contribution in [3.8, 4) is 0 Å². The van der Waals surface area contributed by atoms with Crippen LogP contribution in [0.5, 0.6) is 0 Å². The van der Waals surface area contributed by atoms with Crippen molar-refractivity contribution in [3.05, 3.63) is 132 Å². The molecule has 0 N–H and O–H groups in total. The van der Waals surface area contributed by atoms with E-state index in [4.69, 9.17) is 4.52 Å². The normalized spacial score (nSPS) is 11.5. The van der Waals surface area contributed by atoms with Crippen molar-refractivity contribution in [2.24, 2.45) is 0 Å². The minimum absolute atomic E-state index is 0.291. The van der Waals surface area contributed by atoms with Gasteiger partial charge in [-0.25, -0.2) is 0 Å². The maximum Gasteiger partial charge on any atom is 0.261 e. The van der Waals surface area contributed by atoms with Crippen molar-refractivity contribution < 1.29 is 9.09 Å². The molecule has 0 aliphatic rings. The Morgan fingerprint density at radius 3 is 1.39 bits per heavy atom. The van der Waals surface area contributed by atoms with Gasteiger partial charge in [0.25, 0.3) is 7.37 Å². The van der Waals surface area contributed by atoms with Gasteiger partial charge in [0.2, 0.25) is 0 Å². The molecule has 0 fully saturated rings. The summed E-state index contributed by atoms with van der Waals surface area (Å²) in [6.07, 6.45) is 1.75. The molecule has 0 aromatic heterocycles. The fourth-order valence-corrected chi connectivity index (χ4v) is 6.04. The van der Waals surface area contributed by atoms with Crippen LogP contribution >= 0.6 is 7.37 Å². The van der Waals surface area contributed by atoms with Crippen LogP contribution in [0.15, 0.2) is 121 Å². The van der Waals surface area contributed by atoms with Crippen molar-refractivity contribution in [1.82, 2.24) is 0 Å². The Bertz CT molecular complexity index is 1010. The molecule has 2 nitrogen and oxygen atoms in total. The van der Waals surface area contributed by atoms with Crippen LogP contribution in [0, 0.1) is 0 Å². The van der Waals surface area contributed by atoms with E-state index in [2.05, 4.69) is 48.5 Å². The number of hydrogen-bond acceptors (Lipinski definition) is 2. The lowest BCUT2D eigenvalue weighted by molar-refractivity contribution is 0.313. The smallest absolute Gasteiger partial charge is 0.261 e. The molecule has 31 heavy (non-hydrogen) atoms. The lowest BCUT2D eigenvalue weighted by Crippen LogP contribution is -2.18. The monoisotopic (exact) mass is 426 g/mol. The van der Waals surface area contributed by atoms with Crippen LogP contribution in [0.2, 0.25) is 0 Å². The maximum absolute atomic E-state index is 14.0. The summed E-state index contributed by atoms with van der Waals surface area (Å²) in [5.41, 5.74) is 2.59. The predicted octanol–water partition coefficient (Wildman–Crippen LogP) is 6.54. The average molecular weight is 426 g/mol. The summed E-state index contributed by atoms with van der Waals surface area (Å²) in [5.74, 6) is 0.291. The summed E-state index contributed by atoms with van der Waals surface area (Å²) in [4.78, 5) is 0. The maximum atomic E-state index is 14.0. The first-order chi connectivity index (χ1) is 15.3. The lowest BCUT2D eigenvalue weighted by Gasteiger charge is -2.21. The van der Waals surface area contributed by atoms with E-state index in [0.29, 0.717) is 12.5 Å². The van der Waals surface area contributed by atoms with Gasteiger partial charge in [-0.3, -0.25) is 4.57 Å². The van der Waals surface area contributed by atoms with Gasteiger partial charge in [0.05, 0.1) is 6.61 Å². The molecule has 0 spiro atoms. The summed E-state index contributed by atoms with van der Waals surface area (Å²) >= 11 is 0. The Morgan fingerprint density at radius 2 is 0.968 bits per heavy atom. The zero-order valence-electron chi connectivity index (χ0n) is 17.5. The van der Waals surface area contributed by atoms with Crippen molar-refractivity contribution >= 4 is 18.0 Å². The quantitative estimate of drug-likeness (QED) is 0.224. The third-order valence-corrected chi connectivity index (χ3v) is 8.01. The van der Waals surface area contributed by atoms with Crippen molar-refractivity contribution in [2.45, 2.75) is 18.8 Å². The first kappa shape index (κ1) is 21.3. The van der Waals surface area contributed by atoms with Crippen LogP contribution in [0.1, 0.15) is 29.9 Å². The average Bonchev–Trinajstić information content (AvgIpc) is 2.86. The molecule has 0 radical (unpaired) electrons. The van der Waals surface area contributed by atoms with Gasteiger partial charge in [0.15, 0.2) is 0 Å². The predicted molar refractivity (Wildman–Crippen MR) is 130 cm³/mol. The van der Waals surface area contributed by atoms with E-state index in [1.807, 2.05) is 72.8 Å². The highest BCUT2D eigenvalue weighted by molar-refractivity contribution is 7.74. The highest BCUT2D eigenvalue weighted by Crippen LogP contribution is 2.45. The zero-order valence-corrected chi connectivity index (χ0v) is 18.4. The van der Waals surface area contributed by atoms with Gasteiger partial charge < -0.3 is 4.52 Å². The van der Waals surface area contributed by atoms with Gasteiger partial charge in [-0.1, -0.05) is 97.1 Å². The van der Waals surface area contributed by atoms with E-state index in [9.17, 15) is 4.57 Å². The third kappa shape index (κ3) is 5.22. The highest BCUT2D eigenvalue weighted by Gasteiger charge is 2.28. The summed E-state index contributed by atoms with van der Waals surface area (Å²) in [5, 5.41) is 1.48. The molecule has 4 aromatic rings. The Balaban J connectivity index is 1.50. The topological polar surface area (TPSA) is 26.3 Å². The van der Waals surface area contributed by atoms with E-state index in [0.717, 1.165) is 23.5 Å². The van der Waals surface area contributed by atoms with E-state index < -0.39 is 7.37 Å². The summed E-state index contributed by atoms with van der Waals surface area (Å²) in [6.45, 7) is 0.442. The van der Waals surface area contributed by atoms with Gasteiger partial charge in [-0.2, -0.15) is 0 Å². The molecular formula is C28H27O2P. The molecule has 0 atom stereocenters. The molecule has 0 unspecified atom stereocenters. The molecule has 0 saturated heterocycles. The van der Waals surface area contributed by atoms with Crippen molar-refractivity contribution in [1.29, 1.82) is 0 Å². The summed E-state index contributed by atoms with van der Waals surface area (Å²) in [7, 11) is -3.13. The number of hydrogen-bond donors (Lipinski definition) is 0. The molecule has 3 heteroatoms. The minimum atomic E-state index is -3.13. The number of benzene rings is 4.